The highest BCUT2D eigenvalue weighted by Gasteiger charge is 2.32. The van der Waals surface area contributed by atoms with Crippen molar-refractivity contribution < 1.29 is 19.6 Å². The molecule has 0 amide bonds. The van der Waals surface area contributed by atoms with Crippen molar-refractivity contribution in [1.82, 2.24) is 0 Å². The van der Waals surface area contributed by atoms with E-state index < -0.39 is 29.1 Å². The average Bonchev–Trinajstić information content (AvgIpc) is 2.65. The van der Waals surface area contributed by atoms with Crippen molar-refractivity contribution in [2.24, 2.45) is 0 Å². The number of carbonyl (C=O) groups is 1. The number of hydrogen-bond donors (Lipinski definition) is 1. The number of aliphatic hydroxyl groups excluding tert-OH is 1. The first-order valence-electron chi connectivity index (χ1n) is 10.5. The average molecular weight is 394 g/mol. The van der Waals surface area contributed by atoms with Gasteiger partial charge < -0.3 is 9.84 Å². The van der Waals surface area contributed by atoms with Gasteiger partial charge in [-0.05, 0) is 18.4 Å². The molecule has 0 aromatic heterocycles. The third kappa shape index (κ3) is 10.4. The molecule has 0 spiro atoms. The largest absolute Gasteiger partial charge is 0.462 e. The topological polar surface area (TPSA) is 89.7 Å². The fraction of sp³-hybridized carbons (Fsp3) is 0.682. The van der Waals surface area contributed by atoms with Crippen LogP contribution in [0.5, 0.6) is 0 Å². The lowest BCUT2D eigenvalue weighted by Crippen LogP contribution is -2.38. The van der Waals surface area contributed by atoms with Gasteiger partial charge >= 0.3 is 5.97 Å². The Morgan fingerprint density at radius 3 is 2.29 bits per heavy atom. The number of aliphatic hydroxyl groups is 1. The molecule has 0 aliphatic rings. The minimum atomic E-state index is -1.16. The van der Waals surface area contributed by atoms with Crippen molar-refractivity contribution in [2.45, 2.75) is 96.3 Å². The van der Waals surface area contributed by atoms with Crippen LogP contribution in [-0.2, 0) is 16.0 Å². The van der Waals surface area contributed by atoms with Crippen LogP contribution in [0.25, 0.3) is 0 Å². The number of carbonyl (C=O) groups excluding carboxylic acids is 1. The molecule has 0 saturated heterocycles. The number of benzene rings is 1. The lowest BCUT2D eigenvalue weighted by molar-refractivity contribution is -0.534. The monoisotopic (exact) mass is 393 g/mol. The molecule has 0 saturated carbocycles. The quantitative estimate of drug-likeness (QED) is 0.202. The van der Waals surface area contributed by atoms with Gasteiger partial charge in [-0.25, -0.2) is 0 Å². The first-order valence-corrected chi connectivity index (χ1v) is 10.5. The van der Waals surface area contributed by atoms with Gasteiger partial charge in [-0.2, -0.15) is 0 Å². The highest BCUT2D eigenvalue weighted by Crippen LogP contribution is 2.19. The number of esters is 1. The number of unbranched alkanes of at least 4 members (excludes halogenated alkanes) is 6. The van der Waals surface area contributed by atoms with Crippen LogP contribution in [0.1, 0.15) is 77.2 Å². The van der Waals surface area contributed by atoms with Gasteiger partial charge in [0, 0.05) is 24.7 Å². The predicted molar refractivity (Wildman–Crippen MR) is 110 cm³/mol. The summed E-state index contributed by atoms with van der Waals surface area (Å²) in [5.74, 6) is -0.416. The van der Waals surface area contributed by atoms with E-state index >= 15 is 0 Å². The molecule has 1 aromatic carbocycles. The van der Waals surface area contributed by atoms with Gasteiger partial charge in [-0.15, -0.1) is 0 Å². The second kappa shape index (κ2) is 14.1. The van der Waals surface area contributed by atoms with Crippen molar-refractivity contribution in [3.05, 3.63) is 46.0 Å². The van der Waals surface area contributed by atoms with Gasteiger partial charge in [0.2, 0.25) is 6.04 Å². The molecule has 1 aromatic rings. The van der Waals surface area contributed by atoms with Gasteiger partial charge in [0.05, 0.1) is 0 Å². The third-order valence-corrected chi connectivity index (χ3v) is 4.97. The Morgan fingerprint density at radius 1 is 1.11 bits per heavy atom. The molecule has 0 heterocycles. The lowest BCUT2D eigenvalue weighted by Gasteiger charge is -2.22. The van der Waals surface area contributed by atoms with Gasteiger partial charge in [-0.3, -0.25) is 14.9 Å². The van der Waals surface area contributed by atoms with Crippen LogP contribution in [-0.4, -0.2) is 34.2 Å². The Labute approximate surface area is 168 Å². The maximum Gasteiger partial charge on any atom is 0.302 e. The van der Waals surface area contributed by atoms with E-state index in [9.17, 15) is 20.0 Å². The smallest absolute Gasteiger partial charge is 0.302 e. The lowest BCUT2D eigenvalue weighted by atomic mass is 9.95. The summed E-state index contributed by atoms with van der Waals surface area (Å²) < 4.78 is 5.32. The molecule has 28 heavy (non-hydrogen) atoms. The number of rotatable bonds is 15. The zero-order chi connectivity index (χ0) is 20.8. The Hall–Kier alpha value is -1.95. The molecule has 1 rings (SSSR count). The van der Waals surface area contributed by atoms with Crippen LogP contribution < -0.4 is 0 Å². The summed E-state index contributed by atoms with van der Waals surface area (Å²) in [7, 11) is 0. The number of nitrogens with zero attached hydrogens (tertiary/aromatic N) is 1. The molecule has 0 unspecified atom stereocenters. The van der Waals surface area contributed by atoms with E-state index in [1.807, 2.05) is 30.3 Å². The summed E-state index contributed by atoms with van der Waals surface area (Å²) >= 11 is 0. The Kier molecular flexibility index (Phi) is 12.1. The molecule has 158 valence electrons. The van der Waals surface area contributed by atoms with E-state index in [0.29, 0.717) is 6.42 Å². The normalized spacial score (nSPS) is 14.2. The zero-order valence-electron chi connectivity index (χ0n) is 17.2. The Balaban J connectivity index is 2.54. The molecular formula is C22H35NO5. The van der Waals surface area contributed by atoms with E-state index in [1.54, 1.807) is 0 Å². The molecule has 3 atom stereocenters. The highest BCUT2D eigenvalue weighted by atomic mass is 16.6. The van der Waals surface area contributed by atoms with Crippen LogP contribution >= 0.6 is 0 Å². The Bertz CT molecular complexity index is 563. The number of hydrogen-bond acceptors (Lipinski definition) is 5. The minimum absolute atomic E-state index is 0.0912. The molecule has 0 fully saturated rings. The van der Waals surface area contributed by atoms with Crippen LogP contribution in [0.2, 0.25) is 0 Å². The standard InChI is InChI=1S/C22H35NO5/c1-3-4-5-6-7-8-12-15-20(28-18(2)24)17-22(25)21(23(26)27)16-19-13-10-9-11-14-19/h9-11,13-14,20-22,25H,3-8,12,15-17H2,1-2H3/t20-,21-,22-/m0/s1. The van der Waals surface area contributed by atoms with Crippen LogP contribution in [0, 0.1) is 10.1 Å². The van der Waals surface area contributed by atoms with Gasteiger partial charge in [0.1, 0.15) is 12.2 Å². The van der Waals surface area contributed by atoms with E-state index in [2.05, 4.69) is 6.92 Å². The number of ether oxygens (including phenoxy) is 1. The van der Waals surface area contributed by atoms with E-state index in [1.165, 1.54) is 32.6 Å². The van der Waals surface area contributed by atoms with Crippen LogP contribution in [0.4, 0.5) is 0 Å². The van der Waals surface area contributed by atoms with Gasteiger partial charge in [-0.1, -0.05) is 75.8 Å². The fourth-order valence-corrected chi connectivity index (χ4v) is 3.42. The molecule has 6 heteroatoms. The highest BCUT2D eigenvalue weighted by molar-refractivity contribution is 5.66. The van der Waals surface area contributed by atoms with Crippen molar-refractivity contribution in [3.8, 4) is 0 Å². The summed E-state index contributed by atoms with van der Waals surface area (Å²) in [6.45, 7) is 3.52. The third-order valence-electron chi connectivity index (χ3n) is 4.97. The number of nitro groups is 1. The first kappa shape index (κ1) is 24.1. The summed E-state index contributed by atoms with van der Waals surface area (Å²) in [6.07, 6.45) is 7.21. The Morgan fingerprint density at radius 2 is 1.71 bits per heavy atom. The van der Waals surface area contributed by atoms with Crippen molar-refractivity contribution >= 4 is 5.97 Å². The second-order valence-corrected chi connectivity index (χ2v) is 7.49. The second-order valence-electron chi connectivity index (χ2n) is 7.49. The van der Waals surface area contributed by atoms with E-state index in [4.69, 9.17) is 4.74 Å². The van der Waals surface area contributed by atoms with Crippen molar-refractivity contribution in [1.29, 1.82) is 0 Å². The van der Waals surface area contributed by atoms with E-state index in [0.717, 1.165) is 24.8 Å². The maximum atomic E-state index is 11.5. The van der Waals surface area contributed by atoms with Crippen molar-refractivity contribution in [3.63, 3.8) is 0 Å². The van der Waals surface area contributed by atoms with Crippen LogP contribution in [0.15, 0.2) is 30.3 Å². The molecular weight excluding hydrogens is 358 g/mol. The van der Waals surface area contributed by atoms with Crippen LogP contribution in [0.3, 0.4) is 0 Å². The summed E-state index contributed by atoms with van der Waals surface area (Å²) in [6, 6.07) is 7.99. The molecule has 0 radical (unpaired) electrons. The molecule has 0 aliphatic carbocycles. The summed E-state index contributed by atoms with van der Waals surface area (Å²) in [4.78, 5) is 22.4. The van der Waals surface area contributed by atoms with Gasteiger partial charge in [0.15, 0.2) is 0 Å². The first-order chi connectivity index (χ1) is 13.4. The van der Waals surface area contributed by atoms with Gasteiger partial charge in [0.25, 0.3) is 0 Å². The fourth-order valence-electron chi connectivity index (χ4n) is 3.42. The SMILES string of the molecule is CCCCCCCCC[C@@H](C[C@H](O)[C@H](Cc1ccccc1)[N+](=O)[O-])OC(C)=O. The summed E-state index contributed by atoms with van der Waals surface area (Å²) in [5, 5.41) is 22.0. The molecule has 0 aliphatic heterocycles. The zero-order valence-corrected chi connectivity index (χ0v) is 17.2. The molecule has 1 N–H and O–H groups in total. The molecule has 6 nitrogen and oxygen atoms in total. The minimum Gasteiger partial charge on any atom is -0.462 e. The summed E-state index contributed by atoms with van der Waals surface area (Å²) in [5.41, 5.74) is 0.805. The maximum absolute atomic E-state index is 11.5. The van der Waals surface area contributed by atoms with Crippen molar-refractivity contribution in [2.75, 3.05) is 0 Å². The molecule has 0 bridgehead atoms. The van der Waals surface area contributed by atoms with E-state index in [-0.39, 0.29) is 12.8 Å². The predicted octanol–water partition coefficient (Wildman–Crippen LogP) is 4.70.